The van der Waals surface area contributed by atoms with Crippen molar-refractivity contribution in [3.8, 4) is 11.3 Å². The molecule has 1 saturated heterocycles. The number of hydrogen-bond donors (Lipinski definition) is 1. The predicted molar refractivity (Wildman–Crippen MR) is 120 cm³/mol. The van der Waals surface area contributed by atoms with Crippen LogP contribution in [0.25, 0.3) is 27.8 Å². The van der Waals surface area contributed by atoms with Gasteiger partial charge >= 0.3 is 0 Å². The molecule has 3 aromatic heterocycles. The summed E-state index contributed by atoms with van der Waals surface area (Å²) < 4.78 is 16.9. The van der Waals surface area contributed by atoms with Crippen LogP contribution in [0, 0.1) is 19.7 Å². The van der Waals surface area contributed by atoms with Gasteiger partial charge in [-0.25, -0.2) is 13.9 Å². The van der Waals surface area contributed by atoms with E-state index < -0.39 is 0 Å². The van der Waals surface area contributed by atoms with Gasteiger partial charge in [-0.05, 0) is 69.9 Å². The molecule has 0 radical (unpaired) electrons. The first-order chi connectivity index (χ1) is 14.9. The molecule has 1 fully saturated rings. The number of imidazole rings is 1. The number of fused-ring (bicyclic) bond motifs is 2. The largest absolute Gasteiger partial charge is 0.311 e. The Bertz CT molecular complexity index is 1280. The van der Waals surface area contributed by atoms with Crippen molar-refractivity contribution in [1.82, 2.24) is 30.1 Å². The molecule has 0 spiro atoms. The zero-order chi connectivity index (χ0) is 21.7. The Morgan fingerprint density at radius 2 is 1.97 bits per heavy atom. The van der Waals surface area contributed by atoms with Gasteiger partial charge in [0.25, 0.3) is 0 Å². The molecule has 4 aromatic rings. The van der Waals surface area contributed by atoms with Crippen molar-refractivity contribution in [2.75, 3.05) is 0 Å². The first kappa shape index (κ1) is 20.0. The minimum absolute atomic E-state index is 0.293. The maximum Gasteiger partial charge on any atom is 0.156 e. The van der Waals surface area contributed by atoms with Crippen LogP contribution in [0.4, 0.5) is 4.39 Å². The summed E-state index contributed by atoms with van der Waals surface area (Å²) >= 11 is 0. The second-order valence-corrected chi connectivity index (χ2v) is 8.86. The molecular formula is C24H27FN6. The van der Waals surface area contributed by atoms with Gasteiger partial charge in [-0.3, -0.25) is 0 Å². The maximum atomic E-state index is 15.2. The molecule has 6 nitrogen and oxygen atoms in total. The standard InChI is InChI=1S/C24H27FN6/c1-5-18-8-16(7-14(3)26-18)21-11-19-20(25)9-17(10-23(19)29-28-21)22-6-13(2)24-27-15(4)12-31(24)30-22/h6,9-12,14,16,18,26H,5,7-8H2,1-4H3/t14-,16?,18-/m1/s1. The van der Waals surface area contributed by atoms with Crippen LogP contribution in [-0.2, 0) is 0 Å². The van der Waals surface area contributed by atoms with Crippen molar-refractivity contribution in [2.45, 2.75) is 65.0 Å². The average molecular weight is 419 g/mol. The van der Waals surface area contributed by atoms with Crippen LogP contribution < -0.4 is 5.32 Å². The molecule has 0 bridgehead atoms. The number of nitrogens with zero attached hydrogens (tertiary/aromatic N) is 5. The number of piperidine rings is 1. The molecule has 1 unspecified atom stereocenters. The molecule has 1 aliphatic heterocycles. The van der Waals surface area contributed by atoms with Gasteiger partial charge in [-0.1, -0.05) is 6.92 Å². The van der Waals surface area contributed by atoms with E-state index in [2.05, 4.69) is 39.4 Å². The first-order valence-electron chi connectivity index (χ1n) is 11.0. The normalized spacial score (nSPS) is 21.8. The van der Waals surface area contributed by atoms with Crippen LogP contribution in [0.3, 0.4) is 0 Å². The summed E-state index contributed by atoms with van der Waals surface area (Å²) in [4.78, 5) is 4.49. The summed E-state index contributed by atoms with van der Waals surface area (Å²) in [7, 11) is 0. The Morgan fingerprint density at radius 1 is 1.13 bits per heavy atom. The minimum Gasteiger partial charge on any atom is -0.311 e. The summed E-state index contributed by atoms with van der Waals surface area (Å²) in [6.07, 6.45) is 4.95. The zero-order valence-corrected chi connectivity index (χ0v) is 18.4. The molecule has 160 valence electrons. The summed E-state index contributed by atoms with van der Waals surface area (Å²) in [6, 6.07) is 8.13. The third kappa shape index (κ3) is 3.67. The molecule has 1 N–H and O–H groups in total. The number of benzene rings is 1. The Balaban J connectivity index is 1.54. The highest BCUT2D eigenvalue weighted by Gasteiger charge is 2.27. The van der Waals surface area contributed by atoms with Gasteiger partial charge < -0.3 is 5.32 Å². The Labute approximate surface area is 180 Å². The fourth-order valence-corrected chi connectivity index (χ4v) is 4.78. The highest BCUT2D eigenvalue weighted by molar-refractivity contribution is 5.84. The highest BCUT2D eigenvalue weighted by Crippen LogP contribution is 2.32. The summed E-state index contributed by atoms with van der Waals surface area (Å²) in [5.41, 5.74) is 5.51. The van der Waals surface area contributed by atoms with E-state index in [1.165, 1.54) is 0 Å². The van der Waals surface area contributed by atoms with E-state index in [0.717, 1.165) is 41.9 Å². The van der Waals surface area contributed by atoms with E-state index >= 15 is 4.39 Å². The Morgan fingerprint density at radius 3 is 2.77 bits per heavy atom. The van der Waals surface area contributed by atoms with Gasteiger partial charge in [0, 0.05) is 29.0 Å². The van der Waals surface area contributed by atoms with Crippen LogP contribution in [0.5, 0.6) is 0 Å². The molecule has 0 aliphatic carbocycles. The van der Waals surface area contributed by atoms with E-state index in [1.54, 1.807) is 10.6 Å². The smallest absolute Gasteiger partial charge is 0.156 e. The monoisotopic (exact) mass is 418 g/mol. The molecule has 7 heteroatoms. The number of nitrogens with one attached hydrogen (secondary N) is 1. The van der Waals surface area contributed by atoms with Crippen LogP contribution in [0.2, 0.25) is 0 Å². The highest BCUT2D eigenvalue weighted by atomic mass is 19.1. The van der Waals surface area contributed by atoms with Crippen LogP contribution in [0.15, 0.2) is 30.5 Å². The number of rotatable bonds is 3. The van der Waals surface area contributed by atoms with Gasteiger partial charge in [0.05, 0.1) is 28.8 Å². The SMILES string of the molecule is CC[C@@H]1CC(c2cc3c(F)cc(-c4cc(C)c5nc(C)cn5n4)cc3nn2)C[C@@H](C)N1. The second-order valence-electron chi connectivity index (χ2n) is 8.86. The molecule has 4 heterocycles. The maximum absolute atomic E-state index is 15.2. The predicted octanol–water partition coefficient (Wildman–Crippen LogP) is 4.73. The third-order valence-corrected chi connectivity index (χ3v) is 6.34. The van der Waals surface area contributed by atoms with E-state index in [1.807, 2.05) is 38.2 Å². The van der Waals surface area contributed by atoms with Gasteiger partial charge in [0.1, 0.15) is 5.82 Å². The van der Waals surface area contributed by atoms with Gasteiger partial charge in [-0.2, -0.15) is 15.3 Å². The van der Waals surface area contributed by atoms with Crippen molar-refractivity contribution in [3.05, 3.63) is 53.2 Å². The van der Waals surface area contributed by atoms with Gasteiger partial charge in [-0.15, -0.1) is 0 Å². The lowest BCUT2D eigenvalue weighted by atomic mass is 9.85. The third-order valence-electron chi connectivity index (χ3n) is 6.34. The van der Waals surface area contributed by atoms with E-state index in [9.17, 15) is 0 Å². The van der Waals surface area contributed by atoms with Crippen molar-refractivity contribution in [2.24, 2.45) is 0 Å². The Hall–Kier alpha value is -2.93. The molecule has 1 aromatic carbocycles. The van der Waals surface area contributed by atoms with Crippen LogP contribution >= 0.6 is 0 Å². The molecule has 0 saturated carbocycles. The fourth-order valence-electron chi connectivity index (χ4n) is 4.78. The molecule has 1 aliphatic rings. The fraction of sp³-hybridized carbons (Fsp3) is 0.417. The van der Waals surface area contributed by atoms with E-state index in [0.29, 0.717) is 40.2 Å². The van der Waals surface area contributed by atoms with E-state index in [4.69, 9.17) is 0 Å². The van der Waals surface area contributed by atoms with Crippen molar-refractivity contribution < 1.29 is 4.39 Å². The minimum atomic E-state index is -0.293. The summed E-state index contributed by atoms with van der Waals surface area (Å²) in [6.45, 7) is 8.31. The van der Waals surface area contributed by atoms with Gasteiger partial charge in [0.15, 0.2) is 5.65 Å². The molecular weight excluding hydrogens is 391 g/mol. The summed E-state index contributed by atoms with van der Waals surface area (Å²) in [5, 5.41) is 17.7. The number of halogens is 1. The number of aromatic nitrogens is 5. The second kappa shape index (κ2) is 7.64. The van der Waals surface area contributed by atoms with Crippen molar-refractivity contribution in [3.63, 3.8) is 0 Å². The lowest BCUT2D eigenvalue weighted by molar-refractivity contribution is 0.293. The van der Waals surface area contributed by atoms with Gasteiger partial charge in [0.2, 0.25) is 0 Å². The molecule has 0 amide bonds. The number of hydrogen-bond acceptors (Lipinski definition) is 5. The number of aryl methyl sites for hydroxylation is 2. The van der Waals surface area contributed by atoms with Crippen LogP contribution in [-0.4, -0.2) is 36.9 Å². The van der Waals surface area contributed by atoms with Crippen molar-refractivity contribution >= 4 is 16.6 Å². The zero-order valence-electron chi connectivity index (χ0n) is 18.4. The van der Waals surface area contributed by atoms with E-state index in [-0.39, 0.29) is 5.82 Å². The van der Waals surface area contributed by atoms with Crippen molar-refractivity contribution in [1.29, 1.82) is 0 Å². The first-order valence-corrected chi connectivity index (χ1v) is 11.0. The topological polar surface area (TPSA) is 68.0 Å². The average Bonchev–Trinajstić information content (AvgIpc) is 3.14. The summed E-state index contributed by atoms with van der Waals surface area (Å²) in [5.74, 6) is 0.00687. The lowest BCUT2D eigenvalue weighted by Gasteiger charge is -2.34. The molecule has 31 heavy (non-hydrogen) atoms. The Kier molecular flexibility index (Phi) is 4.93. The van der Waals surface area contributed by atoms with Crippen LogP contribution in [0.1, 0.15) is 56.0 Å². The lowest BCUT2D eigenvalue weighted by Crippen LogP contribution is -2.43. The molecule has 5 rings (SSSR count). The molecule has 3 atom stereocenters. The quantitative estimate of drug-likeness (QED) is 0.521.